The second kappa shape index (κ2) is 10.5. The molecule has 1 fully saturated rings. The minimum absolute atomic E-state index is 0.182. The molecule has 0 spiro atoms. The Morgan fingerprint density at radius 2 is 1.83 bits per heavy atom. The van der Waals surface area contributed by atoms with Crippen molar-refractivity contribution in [2.45, 2.75) is 37.1 Å². The third-order valence-electron chi connectivity index (χ3n) is 5.37. The zero-order chi connectivity index (χ0) is 25.8. The van der Waals surface area contributed by atoms with Gasteiger partial charge in [0.2, 0.25) is 11.7 Å². The lowest BCUT2D eigenvalue weighted by Crippen LogP contribution is -2.54. The van der Waals surface area contributed by atoms with Crippen molar-refractivity contribution < 1.29 is 36.3 Å². The molecule has 1 atom stereocenters. The standard InChI is InChI=1S/C21H24F3N5O5S/c1-14-12-28(19(27-31)9-18(30)21(22,23)24)7-8-29(14)20-25-10-16(11-26-20)34-13-15-3-5-17(6-4-15)35(2,32)33/h3-6,10-11,14,31H,7-9,12-13H2,1-2H3/b27-19-/t14-/m1/s1. The van der Waals surface area contributed by atoms with Crippen LogP contribution in [0, 0.1) is 0 Å². The number of benzene rings is 1. The molecule has 0 amide bonds. The number of anilines is 1. The fourth-order valence-electron chi connectivity index (χ4n) is 3.48. The second-order valence-corrected chi connectivity index (χ2v) is 10.0. The maximum Gasteiger partial charge on any atom is 0.450 e. The molecular formula is C21H24F3N5O5S. The number of ether oxygens (including phenoxy) is 1. The molecule has 0 unspecified atom stereocenters. The number of hydrogen-bond acceptors (Lipinski definition) is 9. The van der Waals surface area contributed by atoms with Gasteiger partial charge in [0, 0.05) is 31.9 Å². The number of rotatable bonds is 7. The van der Waals surface area contributed by atoms with Gasteiger partial charge in [-0.2, -0.15) is 13.2 Å². The average Bonchev–Trinajstić information content (AvgIpc) is 2.80. The van der Waals surface area contributed by atoms with Crippen molar-refractivity contribution >= 4 is 27.4 Å². The largest absolute Gasteiger partial charge is 0.486 e. The van der Waals surface area contributed by atoms with E-state index in [0.29, 0.717) is 18.2 Å². The average molecular weight is 516 g/mol. The van der Waals surface area contributed by atoms with Crippen molar-refractivity contribution in [3.63, 3.8) is 0 Å². The summed E-state index contributed by atoms with van der Waals surface area (Å²) in [4.78, 5) is 23.3. The smallest absolute Gasteiger partial charge is 0.450 e. The van der Waals surface area contributed by atoms with Crippen molar-refractivity contribution in [1.82, 2.24) is 14.9 Å². The highest BCUT2D eigenvalue weighted by atomic mass is 32.2. The van der Waals surface area contributed by atoms with Crippen molar-refractivity contribution in [2.24, 2.45) is 5.16 Å². The first-order chi connectivity index (χ1) is 16.4. The highest BCUT2D eigenvalue weighted by molar-refractivity contribution is 7.90. The first kappa shape index (κ1) is 26.2. The molecule has 190 valence electrons. The molecule has 1 aromatic carbocycles. The molecule has 3 rings (SSSR count). The lowest BCUT2D eigenvalue weighted by atomic mass is 10.1. The first-order valence-electron chi connectivity index (χ1n) is 10.4. The van der Waals surface area contributed by atoms with Crippen LogP contribution in [0.3, 0.4) is 0 Å². The summed E-state index contributed by atoms with van der Waals surface area (Å²) >= 11 is 0. The number of hydrogen-bond donors (Lipinski definition) is 1. The van der Waals surface area contributed by atoms with Crippen LogP contribution in [0.1, 0.15) is 18.9 Å². The number of ketones is 1. The molecule has 14 heteroatoms. The van der Waals surface area contributed by atoms with E-state index in [4.69, 9.17) is 9.94 Å². The van der Waals surface area contributed by atoms with Gasteiger partial charge < -0.3 is 19.7 Å². The van der Waals surface area contributed by atoms with Crippen LogP contribution >= 0.6 is 0 Å². The molecule has 0 radical (unpaired) electrons. The molecule has 2 aromatic rings. The molecule has 35 heavy (non-hydrogen) atoms. The lowest BCUT2D eigenvalue weighted by molar-refractivity contribution is -0.169. The summed E-state index contributed by atoms with van der Waals surface area (Å²) in [6.45, 7) is 2.73. The molecule has 1 N–H and O–H groups in total. The van der Waals surface area contributed by atoms with Gasteiger partial charge in [-0.3, -0.25) is 4.79 Å². The van der Waals surface area contributed by atoms with E-state index in [2.05, 4.69) is 15.1 Å². The van der Waals surface area contributed by atoms with Gasteiger partial charge >= 0.3 is 6.18 Å². The third-order valence-corrected chi connectivity index (χ3v) is 6.50. The Morgan fingerprint density at radius 3 is 2.34 bits per heavy atom. The molecule has 0 aliphatic carbocycles. The molecule has 1 saturated heterocycles. The van der Waals surface area contributed by atoms with Gasteiger partial charge in [-0.1, -0.05) is 17.3 Å². The van der Waals surface area contributed by atoms with Crippen molar-refractivity contribution in [2.75, 3.05) is 30.8 Å². The first-order valence-corrected chi connectivity index (χ1v) is 12.3. The monoisotopic (exact) mass is 515 g/mol. The van der Waals surface area contributed by atoms with Gasteiger partial charge in [0.05, 0.1) is 23.7 Å². The summed E-state index contributed by atoms with van der Waals surface area (Å²) in [6, 6.07) is 6.06. The van der Waals surface area contributed by atoms with Crippen molar-refractivity contribution in [3.8, 4) is 5.75 Å². The fourth-order valence-corrected chi connectivity index (χ4v) is 4.11. The summed E-state index contributed by atoms with van der Waals surface area (Å²) < 4.78 is 66.4. The van der Waals surface area contributed by atoms with Crippen LogP contribution in [0.2, 0.25) is 0 Å². The van der Waals surface area contributed by atoms with Crippen LogP contribution in [0.25, 0.3) is 0 Å². The van der Waals surface area contributed by atoms with E-state index in [-0.39, 0.29) is 36.5 Å². The summed E-state index contributed by atoms with van der Waals surface area (Å²) in [5.41, 5.74) is 0.761. The molecule has 1 aliphatic heterocycles. The number of amidine groups is 1. The fraction of sp³-hybridized carbons (Fsp3) is 0.429. The number of nitrogens with zero attached hydrogens (tertiary/aromatic N) is 5. The number of carbonyl (C=O) groups is 1. The Morgan fingerprint density at radius 1 is 1.20 bits per heavy atom. The number of Topliss-reactive ketones (excluding diaryl/α,β-unsaturated/α-hetero) is 1. The number of halogens is 3. The number of carbonyl (C=O) groups excluding carboxylic acids is 1. The van der Waals surface area contributed by atoms with Crippen LogP contribution in [0.15, 0.2) is 46.7 Å². The molecule has 1 aromatic heterocycles. The molecule has 0 saturated carbocycles. The number of piperazine rings is 1. The van der Waals surface area contributed by atoms with E-state index in [0.717, 1.165) is 11.8 Å². The highest BCUT2D eigenvalue weighted by Gasteiger charge is 2.40. The Bertz CT molecular complexity index is 1170. The molecule has 1 aliphatic rings. The Labute approximate surface area is 199 Å². The zero-order valence-electron chi connectivity index (χ0n) is 18.9. The second-order valence-electron chi connectivity index (χ2n) is 8.03. The van der Waals surface area contributed by atoms with Gasteiger partial charge in [-0.25, -0.2) is 18.4 Å². The maximum atomic E-state index is 12.6. The van der Waals surface area contributed by atoms with Gasteiger partial charge in [-0.15, -0.1) is 0 Å². The Kier molecular flexibility index (Phi) is 7.83. The molecule has 10 nitrogen and oxygen atoms in total. The van der Waals surface area contributed by atoms with Gasteiger partial charge in [-0.05, 0) is 24.6 Å². The van der Waals surface area contributed by atoms with Crippen molar-refractivity contribution in [1.29, 1.82) is 0 Å². The maximum absolute atomic E-state index is 12.6. The van der Waals surface area contributed by atoms with Gasteiger partial charge in [0.25, 0.3) is 0 Å². The van der Waals surface area contributed by atoms with E-state index in [1.54, 1.807) is 19.1 Å². The molecule has 0 bridgehead atoms. The normalized spacial score (nSPS) is 17.4. The number of alkyl halides is 3. The van der Waals surface area contributed by atoms with Crippen LogP contribution < -0.4 is 9.64 Å². The number of sulfone groups is 1. The van der Waals surface area contributed by atoms with Crippen LogP contribution in [-0.2, 0) is 21.2 Å². The van der Waals surface area contributed by atoms with Crippen LogP contribution in [0.5, 0.6) is 5.75 Å². The summed E-state index contributed by atoms with van der Waals surface area (Å²) in [5.74, 6) is -1.54. The summed E-state index contributed by atoms with van der Waals surface area (Å²) in [7, 11) is -3.28. The van der Waals surface area contributed by atoms with Crippen molar-refractivity contribution in [3.05, 3.63) is 42.2 Å². The van der Waals surface area contributed by atoms with E-state index in [1.807, 2.05) is 4.90 Å². The minimum atomic E-state index is -5.00. The van der Waals surface area contributed by atoms with E-state index >= 15 is 0 Å². The quantitative estimate of drug-likeness (QED) is 0.256. The van der Waals surface area contributed by atoms with E-state index in [9.17, 15) is 26.4 Å². The number of oxime groups is 1. The van der Waals surface area contributed by atoms with Gasteiger partial charge in [0.15, 0.2) is 21.4 Å². The third kappa shape index (κ3) is 6.81. The number of aromatic nitrogens is 2. The van der Waals surface area contributed by atoms with E-state index < -0.39 is 28.2 Å². The molecular weight excluding hydrogens is 491 g/mol. The minimum Gasteiger partial charge on any atom is -0.486 e. The zero-order valence-corrected chi connectivity index (χ0v) is 19.8. The lowest BCUT2D eigenvalue weighted by Gasteiger charge is -2.40. The summed E-state index contributed by atoms with van der Waals surface area (Å²) in [5, 5.41) is 12.0. The SMILES string of the molecule is C[C@@H]1CN(/C(CC(=O)C(F)(F)F)=N\O)CCN1c1ncc(OCc2ccc(S(C)(=O)=O)cc2)cn1. The topological polar surface area (TPSA) is 125 Å². The predicted molar refractivity (Wildman–Crippen MR) is 119 cm³/mol. The van der Waals surface area contributed by atoms with Gasteiger partial charge in [0.1, 0.15) is 6.61 Å². The highest BCUT2D eigenvalue weighted by Crippen LogP contribution is 2.22. The van der Waals surface area contributed by atoms with Crippen LogP contribution in [0.4, 0.5) is 19.1 Å². The predicted octanol–water partition coefficient (Wildman–Crippen LogP) is 2.28. The van der Waals surface area contributed by atoms with Crippen LogP contribution in [-0.4, -0.2) is 78.2 Å². The molecule has 2 heterocycles. The Hall–Kier alpha value is -3.42. The summed E-state index contributed by atoms with van der Waals surface area (Å²) in [6.07, 6.45) is -1.94. The Balaban J connectivity index is 1.56. The van der Waals surface area contributed by atoms with E-state index in [1.165, 1.54) is 29.4 Å².